The van der Waals surface area contributed by atoms with E-state index in [0.717, 1.165) is 42.9 Å². The van der Waals surface area contributed by atoms with Crippen LogP contribution in [0.1, 0.15) is 24.5 Å². The third kappa shape index (κ3) is 2.54. The average Bonchev–Trinajstić information content (AvgIpc) is 2.96. The van der Waals surface area contributed by atoms with E-state index in [9.17, 15) is 0 Å². The van der Waals surface area contributed by atoms with Crippen LogP contribution in [0.4, 0.5) is 0 Å². The van der Waals surface area contributed by atoms with E-state index in [4.69, 9.17) is 10.5 Å². The second-order valence-corrected chi connectivity index (χ2v) is 6.61. The van der Waals surface area contributed by atoms with E-state index in [2.05, 4.69) is 39.9 Å². The first kappa shape index (κ1) is 13.4. The number of nitrogens with two attached hydrogens (primary N) is 1. The van der Waals surface area contributed by atoms with Gasteiger partial charge >= 0.3 is 0 Å². The van der Waals surface area contributed by atoms with Gasteiger partial charge in [0.1, 0.15) is 5.75 Å². The molecular formula is C15H21BrN2O. The van der Waals surface area contributed by atoms with Gasteiger partial charge in [-0.05, 0) is 36.6 Å². The first-order chi connectivity index (χ1) is 9.19. The van der Waals surface area contributed by atoms with E-state index in [1.54, 1.807) is 0 Å². The fraction of sp³-hybridized carbons (Fsp3) is 0.600. The molecule has 0 spiro atoms. The van der Waals surface area contributed by atoms with Gasteiger partial charge in [-0.2, -0.15) is 0 Å². The summed E-state index contributed by atoms with van der Waals surface area (Å²) in [5.41, 5.74) is 8.56. The topological polar surface area (TPSA) is 38.5 Å². The van der Waals surface area contributed by atoms with E-state index in [1.807, 2.05) is 0 Å². The Morgan fingerprint density at radius 1 is 1.47 bits per heavy atom. The molecule has 0 saturated carbocycles. The van der Waals surface area contributed by atoms with Crippen LogP contribution in [0.15, 0.2) is 16.6 Å². The van der Waals surface area contributed by atoms with Crippen molar-refractivity contribution in [1.82, 2.24) is 4.90 Å². The zero-order chi connectivity index (χ0) is 13.4. The van der Waals surface area contributed by atoms with Gasteiger partial charge in [0, 0.05) is 35.6 Å². The van der Waals surface area contributed by atoms with Crippen LogP contribution in [0.3, 0.4) is 0 Å². The zero-order valence-electron chi connectivity index (χ0n) is 11.4. The molecule has 2 aliphatic heterocycles. The van der Waals surface area contributed by atoms with Crippen LogP contribution in [0.2, 0.25) is 0 Å². The Kier molecular flexibility index (Phi) is 3.83. The molecule has 1 aromatic rings. The summed E-state index contributed by atoms with van der Waals surface area (Å²) < 4.78 is 6.97. The van der Waals surface area contributed by atoms with Crippen molar-refractivity contribution < 1.29 is 4.74 Å². The molecule has 2 unspecified atom stereocenters. The lowest BCUT2D eigenvalue weighted by Gasteiger charge is -2.26. The molecule has 19 heavy (non-hydrogen) atoms. The highest BCUT2D eigenvalue weighted by molar-refractivity contribution is 9.10. The van der Waals surface area contributed by atoms with Crippen LogP contribution in [-0.2, 0) is 13.0 Å². The lowest BCUT2D eigenvalue weighted by atomic mass is 10.0. The Hall–Kier alpha value is -0.580. The van der Waals surface area contributed by atoms with Crippen molar-refractivity contribution in [2.45, 2.75) is 32.4 Å². The van der Waals surface area contributed by atoms with E-state index >= 15 is 0 Å². The third-order valence-corrected chi connectivity index (χ3v) is 4.90. The van der Waals surface area contributed by atoms with Gasteiger partial charge in [-0.3, -0.25) is 4.90 Å². The summed E-state index contributed by atoms with van der Waals surface area (Å²) in [7, 11) is 0. The Labute approximate surface area is 123 Å². The molecule has 1 saturated heterocycles. The Balaban J connectivity index is 1.84. The van der Waals surface area contributed by atoms with E-state index in [-0.39, 0.29) is 0 Å². The smallest absolute Gasteiger partial charge is 0.127 e. The summed E-state index contributed by atoms with van der Waals surface area (Å²) in [6.07, 6.45) is 2.28. The van der Waals surface area contributed by atoms with Crippen molar-refractivity contribution in [2.24, 2.45) is 11.7 Å². The minimum atomic E-state index is 0.510. The molecule has 3 nitrogen and oxygen atoms in total. The minimum Gasteiger partial charge on any atom is -0.493 e. The summed E-state index contributed by atoms with van der Waals surface area (Å²) in [5.74, 6) is 1.81. The molecule has 0 bridgehead atoms. The first-order valence-electron chi connectivity index (χ1n) is 7.07. The predicted octanol–water partition coefficient (Wildman–Crippen LogP) is 2.55. The SMILES string of the molecule is CC1CCN(Cc2cc(Br)cc3c2OCC3)C1CN. The van der Waals surface area contributed by atoms with Gasteiger partial charge in [0.2, 0.25) is 0 Å². The Morgan fingerprint density at radius 3 is 3.11 bits per heavy atom. The van der Waals surface area contributed by atoms with Gasteiger partial charge in [0.05, 0.1) is 6.61 Å². The van der Waals surface area contributed by atoms with Gasteiger partial charge in [-0.15, -0.1) is 0 Å². The summed E-state index contributed by atoms with van der Waals surface area (Å²) in [5, 5.41) is 0. The van der Waals surface area contributed by atoms with E-state index in [1.165, 1.54) is 17.5 Å². The molecule has 104 valence electrons. The van der Waals surface area contributed by atoms with Crippen LogP contribution in [-0.4, -0.2) is 30.6 Å². The van der Waals surface area contributed by atoms with Gasteiger partial charge in [-0.25, -0.2) is 0 Å². The molecule has 0 amide bonds. The van der Waals surface area contributed by atoms with Crippen molar-refractivity contribution in [3.05, 3.63) is 27.7 Å². The van der Waals surface area contributed by atoms with Crippen LogP contribution in [0, 0.1) is 5.92 Å². The molecule has 0 aliphatic carbocycles. The van der Waals surface area contributed by atoms with Crippen LogP contribution >= 0.6 is 15.9 Å². The Bertz CT molecular complexity index is 477. The summed E-state index contributed by atoms with van der Waals surface area (Å²) in [6, 6.07) is 4.88. The summed E-state index contributed by atoms with van der Waals surface area (Å²) in [6.45, 7) is 5.96. The average molecular weight is 325 g/mol. The van der Waals surface area contributed by atoms with Gasteiger partial charge < -0.3 is 10.5 Å². The highest BCUT2D eigenvalue weighted by Gasteiger charge is 2.31. The second-order valence-electron chi connectivity index (χ2n) is 5.69. The van der Waals surface area contributed by atoms with Crippen molar-refractivity contribution in [2.75, 3.05) is 19.7 Å². The first-order valence-corrected chi connectivity index (χ1v) is 7.86. The molecule has 0 aromatic heterocycles. The molecule has 1 aromatic carbocycles. The highest BCUT2D eigenvalue weighted by Crippen LogP contribution is 2.35. The molecule has 2 N–H and O–H groups in total. The number of halogens is 1. The van der Waals surface area contributed by atoms with E-state index < -0.39 is 0 Å². The van der Waals surface area contributed by atoms with Crippen molar-refractivity contribution >= 4 is 15.9 Å². The number of benzene rings is 1. The maximum absolute atomic E-state index is 5.93. The lowest BCUT2D eigenvalue weighted by molar-refractivity contribution is 0.224. The molecule has 2 heterocycles. The number of fused-ring (bicyclic) bond motifs is 1. The van der Waals surface area contributed by atoms with Gasteiger partial charge in [0.15, 0.2) is 0 Å². The molecule has 1 fully saturated rings. The molecule has 4 heteroatoms. The molecular weight excluding hydrogens is 304 g/mol. The second kappa shape index (κ2) is 5.43. The fourth-order valence-corrected chi connectivity index (χ4v) is 3.90. The normalized spacial score (nSPS) is 26.5. The fourth-order valence-electron chi connectivity index (χ4n) is 3.35. The maximum Gasteiger partial charge on any atom is 0.127 e. The largest absolute Gasteiger partial charge is 0.493 e. The number of hydrogen-bond donors (Lipinski definition) is 1. The van der Waals surface area contributed by atoms with Crippen LogP contribution < -0.4 is 10.5 Å². The lowest BCUT2D eigenvalue weighted by Crippen LogP contribution is -2.37. The minimum absolute atomic E-state index is 0.510. The van der Waals surface area contributed by atoms with Crippen LogP contribution in [0.5, 0.6) is 5.75 Å². The van der Waals surface area contributed by atoms with Gasteiger partial charge in [0.25, 0.3) is 0 Å². The third-order valence-electron chi connectivity index (χ3n) is 4.44. The van der Waals surface area contributed by atoms with Crippen molar-refractivity contribution in [1.29, 1.82) is 0 Å². The molecule has 3 rings (SSSR count). The standard InChI is InChI=1S/C15H21BrN2O/c1-10-2-4-18(14(10)8-17)9-12-7-13(16)6-11-3-5-19-15(11)12/h6-7,10,14H,2-5,8-9,17H2,1H3. The van der Waals surface area contributed by atoms with Gasteiger partial charge in [-0.1, -0.05) is 22.9 Å². The number of nitrogens with zero attached hydrogens (tertiary/aromatic N) is 1. The number of rotatable bonds is 3. The van der Waals surface area contributed by atoms with Crippen molar-refractivity contribution in [3.63, 3.8) is 0 Å². The Morgan fingerprint density at radius 2 is 2.32 bits per heavy atom. The summed E-state index contributed by atoms with van der Waals surface area (Å²) >= 11 is 3.61. The molecule has 2 atom stereocenters. The predicted molar refractivity (Wildman–Crippen MR) is 80.4 cm³/mol. The summed E-state index contributed by atoms with van der Waals surface area (Å²) in [4.78, 5) is 2.51. The number of ether oxygens (including phenoxy) is 1. The monoisotopic (exact) mass is 324 g/mol. The quantitative estimate of drug-likeness (QED) is 0.928. The highest BCUT2D eigenvalue weighted by atomic mass is 79.9. The molecule has 2 aliphatic rings. The maximum atomic E-state index is 5.93. The van der Waals surface area contributed by atoms with E-state index in [0.29, 0.717) is 12.0 Å². The number of hydrogen-bond acceptors (Lipinski definition) is 3. The van der Waals surface area contributed by atoms with Crippen LogP contribution in [0.25, 0.3) is 0 Å². The molecule has 0 radical (unpaired) electrons. The zero-order valence-corrected chi connectivity index (χ0v) is 12.9. The number of likely N-dealkylation sites (tertiary alicyclic amines) is 1. The van der Waals surface area contributed by atoms with Crippen molar-refractivity contribution in [3.8, 4) is 5.75 Å².